The Morgan fingerprint density at radius 1 is 0.929 bits per heavy atom. The van der Waals surface area contributed by atoms with Crippen molar-refractivity contribution in [1.82, 2.24) is 4.90 Å². The minimum atomic E-state index is -0.540. The highest BCUT2D eigenvalue weighted by Gasteiger charge is 2.15. The Balaban J connectivity index is 1.89. The van der Waals surface area contributed by atoms with E-state index in [-0.39, 0.29) is 30.5 Å². The molecule has 0 aliphatic rings. The normalized spacial score (nSPS) is 10.3. The molecular formula is C20H23N3O5. The van der Waals surface area contributed by atoms with Gasteiger partial charge in [-0.1, -0.05) is 18.2 Å². The van der Waals surface area contributed by atoms with E-state index in [0.29, 0.717) is 17.1 Å². The van der Waals surface area contributed by atoms with Gasteiger partial charge >= 0.3 is 5.97 Å². The number of benzene rings is 2. The Morgan fingerprint density at radius 3 is 2.29 bits per heavy atom. The van der Waals surface area contributed by atoms with E-state index < -0.39 is 5.97 Å². The number of likely N-dealkylation sites (N-methyl/N-ethyl adjacent to an activating group) is 1. The second kappa shape index (κ2) is 10.1. The molecule has 0 radical (unpaired) electrons. The minimum Gasteiger partial charge on any atom is -0.497 e. The lowest BCUT2D eigenvalue weighted by molar-refractivity contribution is -0.119. The van der Waals surface area contributed by atoms with Crippen molar-refractivity contribution in [3.05, 3.63) is 54.1 Å². The topological polar surface area (TPSA) is 97.0 Å². The van der Waals surface area contributed by atoms with Gasteiger partial charge in [-0.2, -0.15) is 0 Å². The largest absolute Gasteiger partial charge is 0.497 e. The second-order valence-corrected chi connectivity index (χ2v) is 6.04. The lowest BCUT2D eigenvalue weighted by atomic mass is 10.2. The van der Waals surface area contributed by atoms with Gasteiger partial charge in [0.1, 0.15) is 5.75 Å². The molecule has 8 nitrogen and oxygen atoms in total. The van der Waals surface area contributed by atoms with Crippen LogP contribution in [0.2, 0.25) is 0 Å². The standard InChI is InChI=1S/C20H23N3O5/c1-23(12-18(24)21-14-7-6-8-15(11-14)27-2)13-19(25)22-17-10-5-4-9-16(17)20(26)28-3/h4-11H,12-13H2,1-3H3,(H,21,24)(H,22,25). The second-order valence-electron chi connectivity index (χ2n) is 6.04. The number of nitrogens with zero attached hydrogens (tertiary/aromatic N) is 1. The third kappa shape index (κ3) is 6.10. The van der Waals surface area contributed by atoms with E-state index in [1.54, 1.807) is 67.6 Å². The van der Waals surface area contributed by atoms with Crippen LogP contribution in [0.25, 0.3) is 0 Å². The number of nitrogens with one attached hydrogen (secondary N) is 2. The molecule has 2 amide bonds. The van der Waals surface area contributed by atoms with Gasteiger partial charge in [0.25, 0.3) is 0 Å². The molecule has 0 aromatic heterocycles. The first-order valence-electron chi connectivity index (χ1n) is 8.52. The van der Waals surface area contributed by atoms with Crippen LogP contribution in [0.1, 0.15) is 10.4 Å². The summed E-state index contributed by atoms with van der Waals surface area (Å²) in [5.74, 6) is -0.525. The van der Waals surface area contributed by atoms with E-state index >= 15 is 0 Å². The molecule has 148 valence electrons. The van der Waals surface area contributed by atoms with E-state index in [0.717, 1.165) is 0 Å². The van der Waals surface area contributed by atoms with Gasteiger partial charge in [0.2, 0.25) is 11.8 Å². The fourth-order valence-electron chi connectivity index (χ4n) is 2.52. The molecule has 0 bridgehead atoms. The predicted molar refractivity (Wildman–Crippen MR) is 106 cm³/mol. The molecule has 0 saturated carbocycles. The molecule has 0 fully saturated rings. The number of amides is 2. The third-order valence-corrected chi connectivity index (χ3v) is 3.79. The molecule has 8 heteroatoms. The summed E-state index contributed by atoms with van der Waals surface area (Å²) in [6.45, 7) is -0.00961. The van der Waals surface area contributed by atoms with Crippen LogP contribution in [-0.4, -0.2) is 57.0 Å². The van der Waals surface area contributed by atoms with Crippen molar-refractivity contribution in [3.8, 4) is 5.75 Å². The number of methoxy groups -OCH3 is 2. The van der Waals surface area contributed by atoms with E-state index in [1.165, 1.54) is 7.11 Å². The number of anilines is 2. The van der Waals surface area contributed by atoms with Gasteiger partial charge in [-0.05, 0) is 31.3 Å². The number of para-hydroxylation sites is 1. The van der Waals surface area contributed by atoms with Gasteiger partial charge in [-0.3, -0.25) is 14.5 Å². The maximum atomic E-state index is 12.3. The predicted octanol–water partition coefficient (Wildman–Crippen LogP) is 1.99. The van der Waals surface area contributed by atoms with E-state index in [1.807, 2.05) is 0 Å². The van der Waals surface area contributed by atoms with Crippen LogP contribution in [0.15, 0.2) is 48.5 Å². The average molecular weight is 385 g/mol. The Kier molecular flexibility index (Phi) is 7.53. The molecule has 0 aliphatic heterocycles. The summed E-state index contributed by atoms with van der Waals surface area (Å²) in [6, 6.07) is 13.5. The number of rotatable bonds is 8. The fourth-order valence-corrected chi connectivity index (χ4v) is 2.52. The molecule has 28 heavy (non-hydrogen) atoms. The fraction of sp³-hybridized carbons (Fsp3) is 0.250. The monoisotopic (exact) mass is 385 g/mol. The van der Waals surface area contributed by atoms with Crippen LogP contribution in [0, 0.1) is 0 Å². The summed E-state index contributed by atoms with van der Waals surface area (Å²) in [5, 5.41) is 5.41. The first kappa shape index (κ1) is 20.9. The molecule has 0 unspecified atom stereocenters. The lowest BCUT2D eigenvalue weighted by Crippen LogP contribution is -2.36. The smallest absolute Gasteiger partial charge is 0.339 e. The molecule has 0 spiro atoms. The van der Waals surface area contributed by atoms with Crippen molar-refractivity contribution in [3.63, 3.8) is 0 Å². The van der Waals surface area contributed by atoms with Crippen LogP contribution in [-0.2, 0) is 14.3 Å². The first-order chi connectivity index (χ1) is 13.4. The lowest BCUT2D eigenvalue weighted by Gasteiger charge is -2.17. The maximum absolute atomic E-state index is 12.3. The molecule has 0 saturated heterocycles. The van der Waals surface area contributed by atoms with Crippen molar-refractivity contribution >= 4 is 29.2 Å². The van der Waals surface area contributed by atoms with Gasteiger partial charge in [-0.15, -0.1) is 0 Å². The molecule has 0 heterocycles. The summed E-state index contributed by atoms with van der Waals surface area (Å²) in [6.07, 6.45) is 0. The summed E-state index contributed by atoms with van der Waals surface area (Å²) in [7, 11) is 4.47. The highest BCUT2D eigenvalue weighted by molar-refractivity contribution is 6.02. The Morgan fingerprint density at radius 2 is 1.61 bits per heavy atom. The van der Waals surface area contributed by atoms with Gasteiger partial charge in [0.05, 0.1) is 38.6 Å². The van der Waals surface area contributed by atoms with Gasteiger partial charge in [0, 0.05) is 11.8 Å². The summed E-state index contributed by atoms with van der Waals surface area (Å²) >= 11 is 0. The molecule has 0 atom stereocenters. The summed E-state index contributed by atoms with van der Waals surface area (Å²) in [5.41, 5.74) is 1.22. The van der Waals surface area contributed by atoms with Crippen LogP contribution >= 0.6 is 0 Å². The van der Waals surface area contributed by atoms with Crippen LogP contribution in [0.3, 0.4) is 0 Å². The number of esters is 1. The van der Waals surface area contributed by atoms with E-state index in [9.17, 15) is 14.4 Å². The zero-order chi connectivity index (χ0) is 20.5. The zero-order valence-corrected chi connectivity index (χ0v) is 16.0. The first-order valence-corrected chi connectivity index (χ1v) is 8.52. The van der Waals surface area contributed by atoms with Gasteiger partial charge < -0.3 is 20.1 Å². The highest BCUT2D eigenvalue weighted by Crippen LogP contribution is 2.17. The van der Waals surface area contributed by atoms with E-state index in [4.69, 9.17) is 9.47 Å². The number of hydrogen-bond donors (Lipinski definition) is 2. The molecule has 2 rings (SSSR count). The van der Waals surface area contributed by atoms with Crippen molar-refractivity contribution in [2.45, 2.75) is 0 Å². The van der Waals surface area contributed by atoms with Crippen LogP contribution in [0.5, 0.6) is 5.75 Å². The molecule has 0 aliphatic carbocycles. The number of hydrogen-bond acceptors (Lipinski definition) is 6. The third-order valence-electron chi connectivity index (χ3n) is 3.79. The maximum Gasteiger partial charge on any atom is 0.339 e. The van der Waals surface area contributed by atoms with Crippen molar-refractivity contribution in [2.24, 2.45) is 0 Å². The number of ether oxygens (including phenoxy) is 2. The number of carbonyl (C=O) groups excluding carboxylic acids is 3. The van der Waals surface area contributed by atoms with Crippen molar-refractivity contribution < 1.29 is 23.9 Å². The highest BCUT2D eigenvalue weighted by atomic mass is 16.5. The van der Waals surface area contributed by atoms with Gasteiger partial charge in [0.15, 0.2) is 0 Å². The van der Waals surface area contributed by atoms with Crippen LogP contribution < -0.4 is 15.4 Å². The average Bonchev–Trinajstić information content (AvgIpc) is 2.67. The summed E-state index contributed by atoms with van der Waals surface area (Å²) in [4.78, 5) is 37.7. The Hall–Kier alpha value is -3.39. The zero-order valence-electron chi connectivity index (χ0n) is 16.0. The Bertz CT molecular complexity index is 853. The molecule has 2 aromatic carbocycles. The van der Waals surface area contributed by atoms with Gasteiger partial charge in [-0.25, -0.2) is 4.79 Å². The van der Waals surface area contributed by atoms with Crippen molar-refractivity contribution in [1.29, 1.82) is 0 Å². The molecule has 2 N–H and O–H groups in total. The summed E-state index contributed by atoms with van der Waals surface area (Å²) < 4.78 is 9.82. The Labute approximate surface area is 163 Å². The SMILES string of the molecule is COC(=O)c1ccccc1NC(=O)CN(C)CC(=O)Nc1cccc(OC)c1. The van der Waals surface area contributed by atoms with Crippen molar-refractivity contribution in [2.75, 3.05) is 45.0 Å². The minimum absolute atomic E-state index is 0.0171. The van der Waals surface area contributed by atoms with E-state index in [2.05, 4.69) is 10.6 Å². The van der Waals surface area contributed by atoms with Crippen LogP contribution in [0.4, 0.5) is 11.4 Å². The molecule has 2 aromatic rings. The number of carbonyl (C=O) groups is 3. The molecular weight excluding hydrogens is 362 g/mol. The quantitative estimate of drug-likeness (QED) is 0.675.